The summed E-state index contributed by atoms with van der Waals surface area (Å²) in [6.07, 6.45) is 1.72. The molecule has 0 amide bonds. The van der Waals surface area contributed by atoms with Crippen molar-refractivity contribution < 1.29 is 9.90 Å². The highest BCUT2D eigenvalue weighted by Gasteiger charge is 2.19. The Kier molecular flexibility index (Phi) is 2.59. The zero-order valence-corrected chi connectivity index (χ0v) is 10.2. The maximum Gasteiger partial charge on any atom is 0.337 e. The van der Waals surface area contributed by atoms with Crippen molar-refractivity contribution in [1.82, 2.24) is 14.8 Å². The topological polar surface area (TPSA) is 97.3 Å². The second kappa shape index (κ2) is 4.27. The second-order valence-corrected chi connectivity index (χ2v) is 4.44. The summed E-state index contributed by atoms with van der Waals surface area (Å²) in [5.41, 5.74) is 7.07. The van der Waals surface area contributed by atoms with Crippen LogP contribution in [0.3, 0.4) is 0 Å². The molecule has 2 aromatic rings. The van der Waals surface area contributed by atoms with Crippen LogP contribution in [0.15, 0.2) is 24.5 Å². The van der Waals surface area contributed by atoms with Gasteiger partial charge >= 0.3 is 5.97 Å². The molecule has 0 bridgehead atoms. The number of carboxylic acids is 1. The molecule has 1 aromatic heterocycles. The minimum Gasteiger partial charge on any atom is -0.478 e. The zero-order chi connectivity index (χ0) is 13.4. The van der Waals surface area contributed by atoms with Crippen LogP contribution in [0.25, 0.3) is 0 Å². The Morgan fingerprint density at radius 3 is 2.95 bits per heavy atom. The van der Waals surface area contributed by atoms with E-state index >= 15 is 0 Å². The highest BCUT2D eigenvalue weighted by atomic mass is 16.4. The van der Waals surface area contributed by atoms with Gasteiger partial charge in [-0.2, -0.15) is 0 Å². The van der Waals surface area contributed by atoms with Crippen molar-refractivity contribution >= 4 is 17.3 Å². The Bertz CT molecular complexity index is 637. The maximum absolute atomic E-state index is 10.9. The van der Waals surface area contributed by atoms with Crippen LogP contribution in [0.1, 0.15) is 16.2 Å². The first-order valence-corrected chi connectivity index (χ1v) is 5.89. The minimum atomic E-state index is -1.01. The second-order valence-electron chi connectivity index (χ2n) is 4.44. The van der Waals surface area contributed by atoms with Gasteiger partial charge in [0.1, 0.15) is 6.33 Å². The molecule has 0 radical (unpaired) electrons. The quantitative estimate of drug-likeness (QED) is 0.766. The van der Waals surface area contributed by atoms with E-state index in [1.807, 2.05) is 4.57 Å². The highest BCUT2D eigenvalue weighted by Crippen LogP contribution is 2.24. The van der Waals surface area contributed by atoms with Crippen LogP contribution in [0.4, 0.5) is 11.4 Å². The Labute approximate surface area is 109 Å². The van der Waals surface area contributed by atoms with Gasteiger partial charge < -0.3 is 20.3 Å². The number of anilines is 2. The maximum atomic E-state index is 10.9. The number of hydrogen-bond acceptors (Lipinski definition) is 5. The van der Waals surface area contributed by atoms with Crippen LogP contribution in [-0.2, 0) is 13.1 Å². The average molecular weight is 259 g/mol. The number of carbonyl (C=O) groups is 1. The van der Waals surface area contributed by atoms with E-state index in [1.54, 1.807) is 18.5 Å². The fourth-order valence-corrected chi connectivity index (χ4v) is 2.23. The van der Waals surface area contributed by atoms with Gasteiger partial charge in [0.25, 0.3) is 0 Å². The number of aromatic nitrogens is 3. The lowest BCUT2D eigenvalue weighted by Crippen LogP contribution is -2.33. The summed E-state index contributed by atoms with van der Waals surface area (Å²) in [7, 11) is 0. The number of carboxylic acid groups (broad SMARTS) is 1. The van der Waals surface area contributed by atoms with Crippen LogP contribution in [-0.4, -0.2) is 32.4 Å². The van der Waals surface area contributed by atoms with Gasteiger partial charge in [0, 0.05) is 24.5 Å². The third-order valence-electron chi connectivity index (χ3n) is 3.27. The summed E-state index contributed by atoms with van der Waals surface area (Å²) < 4.78 is 2.01. The smallest absolute Gasteiger partial charge is 0.337 e. The lowest BCUT2D eigenvalue weighted by Gasteiger charge is -2.29. The van der Waals surface area contributed by atoms with Gasteiger partial charge in [-0.1, -0.05) is 0 Å². The molecule has 1 aliphatic heterocycles. The van der Waals surface area contributed by atoms with Crippen LogP contribution in [0.5, 0.6) is 0 Å². The number of aromatic carboxylic acids is 1. The van der Waals surface area contributed by atoms with Crippen molar-refractivity contribution in [1.29, 1.82) is 0 Å². The fourth-order valence-electron chi connectivity index (χ4n) is 2.23. The summed E-state index contributed by atoms with van der Waals surface area (Å²) in [6, 6.07) is 4.99. The van der Waals surface area contributed by atoms with Crippen molar-refractivity contribution in [2.45, 2.75) is 13.1 Å². The van der Waals surface area contributed by atoms with E-state index in [1.165, 1.54) is 6.07 Å². The average Bonchev–Trinajstić information content (AvgIpc) is 2.85. The van der Waals surface area contributed by atoms with Gasteiger partial charge in [-0.3, -0.25) is 0 Å². The summed E-state index contributed by atoms with van der Waals surface area (Å²) >= 11 is 0. The van der Waals surface area contributed by atoms with Gasteiger partial charge in [0.15, 0.2) is 5.82 Å². The van der Waals surface area contributed by atoms with E-state index in [0.29, 0.717) is 6.54 Å². The minimum absolute atomic E-state index is 0.129. The predicted octanol–water partition coefficient (Wildman–Crippen LogP) is 0.579. The van der Waals surface area contributed by atoms with Crippen LogP contribution in [0.2, 0.25) is 0 Å². The van der Waals surface area contributed by atoms with Gasteiger partial charge in [0.05, 0.1) is 12.1 Å². The molecule has 0 unspecified atom stereocenters. The molecule has 0 atom stereocenters. The van der Waals surface area contributed by atoms with Crippen molar-refractivity contribution in [3.05, 3.63) is 35.9 Å². The molecule has 7 heteroatoms. The lowest BCUT2D eigenvalue weighted by atomic mass is 10.1. The van der Waals surface area contributed by atoms with Crippen molar-refractivity contribution in [2.24, 2.45) is 0 Å². The first kappa shape index (κ1) is 11.5. The Hall–Kier alpha value is -2.57. The Balaban J connectivity index is 1.88. The molecule has 3 N–H and O–H groups in total. The molecule has 98 valence electrons. The lowest BCUT2D eigenvalue weighted by molar-refractivity contribution is 0.0698. The normalized spacial score (nSPS) is 14.2. The van der Waals surface area contributed by atoms with E-state index in [4.69, 9.17) is 10.8 Å². The molecule has 0 saturated heterocycles. The Morgan fingerprint density at radius 2 is 2.21 bits per heavy atom. The first-order chi connectivity index (χ1) is 9.15. The molecular weight excluding hydrogens is 246 g/mol. The molecule has 19 heavy (non-hydrogen) atoms. The molecule has 0 fully saturated rings. The third-order valence-corrected chi connectivity index (χ3v) is 3.27. The molecule has 0 saturated carbocycles. The van der Waals surface area contributed by atoms with Crippen molar-refractivity contribution in [3.8, 4) is 0 Å². The van der Waals surface area contributed by atoms with Gasteiger partial charge in [-0.25, -0.2) is 4.79 Å². The monoisotopic (exact) mass is 259 g/mol. The van der Waals surface area contributed by atoms with Crippen LogP contribution >= 0.6 is 0 Å². The molecule has 0 aliphatic carbocycles. The zero-order valence-electron chi connectivity index (χ0n) is 10.2. The largest absolute Gasteiger partial charge is 0.478 e. The number of rotatable bonds is 2. The molecule has 3 rings (SSSR count). The van der Waals surface area contributed by atoms with Gasteiger partial charge in [-0.05, 0) is 18.2 Å². The van der Waals surface area contributed by atoms with Gasteiger partial charge in [0.2, 0.25) is 0 Å². The number of fused-ring (bicyclic) bond motifs is 1. The molecule has 7 nitrogen and oxygen atoms in total. The van der Waals surface area contributed by atoms with E-state index in [-0.39, 0.29) is 11.3 Å². The predicted molar refractivity (Wildman–Crippen MR) is 68.9 cm³/mol. The Morgan fingerprint density at radius 1 is 1.37 bits per heavy atom. The van der Waals surface area contributed by atoms with Crippen molar-refractivity contribution in [2.75, 3.05) is 17.2 Å². The molecule has 1 aliphatic rings. The fraction of sp³-hybridized carbons (Fsp3) is 0.250. The summed E-state index contributed by atoms with van der Waals surface area (Å²) in [6.45, 7) is 2.27. The first-order valence-electron chi connectivity index (χ1n) is 5.89. The van der Waals surface area contributed by atoms with Crippen LogP contribution < -0.4 is 10.6 Å². The summed E-state index contributed by atoms with van der Waals surface area (Å²) in [4.78, 5) is 13.0. The number of nitrogens with two attached hydrogens (primary N) is 1. The standard InChI is InChI=1S/C12H13N5O2/c13-10-5-8(1-2-9(10)12(18)19)16-3-4-17-7-14-15-11(17)6-16/h1-2,5,7H,3-4,6,13H2,(H,18,19). The van der Waals surface area contributed by atoms with E-state index in [2.05, 4.69) is 15.1 Å². The van der Waals surface area contributed by atoms with Crippen molar-refractivity contribution in [3.63, 3.8) is 0 Å². The molecular formula is C12H13N5O2. The SMILES string of the molecule is Nc1cc(N2CCn3cnnc3C2)ccc1C(=O)O. The number of nitrogen functional groups attached to an aromatic ring is 1. The van der Waals surface area contributed by atoms with E-state index in [9.17, 15) is 4.79 Å². The summed E-state index contributed by atoms with van der Waals surface area (Å²) in [5.74, 6) is -0.116. The number of nitrogens with zero attached hydrogens (tertiary/aromatic N) is 4. The number of benzene rings is 1. The van der Waals surface area contributed by atoms with E-state index < -0.39 is 5.97 Å². The summed E-state index contributed by atoms with van der Waals surface area (Å²) in [5, 5.41) is 16.9. The molecule has 1 aromatic carbocycles. The third kappa shape index (κ3) is 1.99. The van der Waals surface area contributed by atoms with Crippen LogP contribution in [0, 0.1) is 0 Å². The molecule has 0 spiro atoms. The molecule has 2 heterocycles. The van der Waals surface area contributed by atoms with Gasteiger partial charge in [-0.15, -0.1) is 10.2 Å². The highest BCUT2D eigenvalue weighted by molar-refractivity contribution is 5.94. The van der Waals surface area contributed by atoms with E-state index in [0.717, 1.165) is 24.6 Å². The number of hydrogen-bond donors (Lipinski definition) is 2.